The molecule has 3 N–H and O–H groups in total. The van der Waals surface area contributed by atoms with Crippen LogP contribution in [0.4, 0.5) is 0 Å². The summed E-state index contributed by atoms with van der Waals surface area (Å²) >= 11 is 0. The minimum absolute atomic E-state index is 0. The van der Waals surface area contributed by atoms with Gasteiger partial charge in [-0.1, -0.05) is 32.6 Å². The summed E-state index contributed by atoms with van der Waals surface area (Å²) in [5.41, 5.74) is 0. The van der Waals surface area contributed by atoms with E-state index < -0.39 is 9.84 Å². The fourth-order valence-electron chi connectivity index (χ4n) is 2.98. The van der Waals surface area contributed by atoms with Crippen molar-refractivity contribution < 1.29 is 13.2 Å². The summed E-state index contributed by atoms with van der Waals surface area (Å²) in [5.74, 6) is 0.814. The molecule has 7 nitrogen and oxygen atoms in total. The van der Waals surface area contributed by atoms with E-state index in [0.29, 0.717) is 19.0 Å². The van der Waals surface area contributed by atoms with E-state index in [9.17, 15) is 13.2 Å². The SMILES string of the molecule is CCCCCCC(C)NC(=NCCC(=O)NC1CCS(=O)(=O)C1)NCC.I. The Hall–Kier alpha value is -0.580. The first-order chi connectivity index (χ1) is 12.4. The third kappa shape index (κ3) is 12.5. The predicted octanol–water partition coefficient (Wildman–Crippen LogP) is 2.21. The van der Waals surface area contributed by atoms with Crippen LogP contribution >= 0.6 is 24.0 Å². The number of rotatable bonds is 11. The lowest BCUT2D eigenvalue weighted by atomic mass is 10.1. The van der Waals surface area contributed by atoms with Crippen molar-refractivity contribution in [3.05, 3.63) is 0 Å². The molecule has 0 aromatic carbocycles. The molecule has 1 aliphatic heterocycles. The number of nitrogens with zero attached hydrogens (tertiary/aromatic N) is 1. The molecule has 0 radical (unpaired) electrons. The van der Waals surface area contributed by atoms with Gasteiger partial charge in [0.15, 0.2) is 15.8 Å². The molecule has 1 rings (SSSR count). The van der Waals surface area contributed by atoms with E-state index in [1.54, 1.807) is 0 Å². The quantitative estimate of drug-likeness (QED) is 0.169. The first-order valence-corrected chi connectivity index (χ1v) is 11.7. The van der Waals surface area contributed by atoms with Gasteiger partial charge in [0, 0.05) is 25.0 Å². The highest BCUT2D eigenvalue weighted by Gasteiger charge is 2.28. The minimum atomic E-state index is -2.97. The van der Waals surface area contributed by atoms with Gasteiger partial charge in [-0.2, -0.15) is 0 Å². The Morgan fingerprint density at radius 1 is 1.22 bits per heavy atom. The van der Waals surface area contributed by atoms with Gasteiger partial charge in [0.1, 0.15) is 0 Å². The van der Waals surface area contributed by atoms with Crippen LogP contribution in [0.2, 0.25) is 0 Å². The van der Waals surface area contributed by atoms with Crippen molar-refractivity contribution in [2.45, 2.75) is 77.8 Å². The zero-order chi connectivity index (χ0) is 19.4. The number of hydrogen-bond acceptors (Lipinski definition) is 4. The number of amides is 1. The Morgan fingerprint density at radius 3 is 2.56 bits per heavy atom. The Balaban J connectivity index is 0.00000676. The van der Waals surface area contributed by atoms with E-state index in [1.807, 2.05) is 6.92 Å². The van der Waals surface area contributed by atoms with Crippen LogP contribution < -0.4 is 16.0 Å². The summed E-state index contributed by atoms with van der Waals surface area (Å²) < 4.78 is 22.8. The Labute approximate surface area is 181 Å². The second kappa shape index (κ2) is 14.4. The molecule has 0 aliphatic carbocycles. The first-order valence-electron chi connectivity index (χ1n) is 9.91. The molecule has 9 heteroatoms. The van der Waals surface area contributed by atoms with Crippen LogP contribution in [0.25, 0.3) is 0 Å². The maximum atomic E-state index is 12.0. The van der Waals surface area contributed by atoms with Gasteiger partial charge in [0.05, 0.1) is 18.1 Å². The Bertz CT molecular complexity index is 555. The molecule has 1 amide bonds. The lowest BCUT2D eigenvalue weighted by Gasteiger charge is -2.18. The van der Waals surface area contributed by atoms with Crippen LogP contribution in [0.1, 0.15) is 65.7 Å². The number of hydrogen-bond donors (Lipinski definition) is 3. The van der Waals surface area contributed by atoms with Gasteiger partial charge < -0.3 is 16.0 Å². The maximum Gasteiger partial charge on any atom is 0.222 e. The smallest absolute Gasteiger partial charge is 0.222 e. The first kappa shape index (κ1) is 26.4. The summed E-state index contributed by atoms with van der Waals surface area (Å²) in [5, 5.41) is 9.37. The molecule has 0 saturated carbocycles. The molecule has 27 heavy (non-hydrogen) atoms. The average molecular weight is 516 g/mol. The molecule has 1 aliphatic rings. The van der Waals surface area contributed by atoms with Crippen molar-refractivity contribution in [3.63, 3.8) is 0 Å². The molecule has 1 heterocycles. The average Bonchev–Trinajstić information content (AvgIpc) is 2.90. The zero-order valence-electron chi connectivity index (χ0n) is 16.9. The standard InChI is InChI=1S/C18H36N4O3S.HI/c1-4-6-7-8-9-15(3)21-18(19-5-2)20-12-10-17(23)22-16-11-13-26(24,25)14-16;/h15-16H,4-14H2,1-3H3,(H,22,23)(H2,19,20,21);1H. The molecule has 1 fully saturated rings. The number of aliphatic imine (C=N–C) groups is 1. The fourth-order valence-corrected chi connectivity index (χ4v) is 4.65. The van der Waals surface area contributed by atoms with Crippen molar-refractivity contribution in [1.82, 2.24) is 16.0 Å². The van der Waals surface area contributed by atoms with Gasteiger partial charge in [-0.3, -0.25) is 9.79 Å². The van der Waals surface area contributed by atoms with Gasteiger partial charge >= 0.3 is 0 Å². The van der Waals surface area contributed by atoms with Crippen LogP contribution in [0.15, 0.2) is 4.99 Å². The van der Waals surface area contributed by atoms with Gasteiger partial charge in [0.25, 0.3) is 0 Å². The lowest BCUT2D eigenvalue weighted by molar-refractivity contribution is -0.121. The van der Waals surface area contributed by atoms with E-state index in [2.05, 4.69) is 34.8 Å². The van der Waals surface area contributed by atoms with Gasteiger partial charge in [-0.15, -0.1) is 24.0 Å². The highest BCUT2D eigenvalue weighted by atomic mass is 127. The molecular formula is C18H37IN4O3S. The molecule has 2 atom stereocenters. The normalized spacial score (nSPS) is 19.8. The molecule has 0 aromatic heterocycles. The highest BCUT2D eigenvalue weighted by molar-refractivity contribution is 14.0. The number of guanidine groups is 1. The third-order valence-electron chi connectivity index (χ3n) is 4.42. The van der Waals surface area contributed by atoms with Crippen molar-refractivity contribution in [3.8, 4) is 0 Å². The van der Waals surface area contributed by atoms with Crippen molar-refractivity contribution in [1.29, 1.82) is 0 Å². The molecule has 2 unspecified atom stereocenters. The Kier molecular flexibility index (Phi) is 14.1. The maximum absolute atomic E-state index is 12.0. The van der Waals surface area contributed by atoms with Crippen LogP contribution in [0, 0.1) is 0 Å². The zero-order valence-corrected chi connectivity index (χ0v) is 20.1. The summed E-state index contributed by atoms with van der Waals surface area (Å²) in [4.78, 5) is 16.4. The number of carbonyl (C=O) groups excluding carboxylic acids is 1. The third-order valence-corrected chi connectivity index (χ3v) is 6.19. The van der Waals surface area contributed by atoms with Crippen molar-refractivity contribution in [2.75, 3.05) is 24.6 Å². The van der Waals surface area contributed by atoms with Gasteiger partial charge in [-0.05, 0) is 26.7 Å². The number of carbonyl (C=O) groups is 1. The second-order valence-corrected chi connectivity index (χ2v) is 9.30. The molecule has 0 aromatic rings. The van der Waals surface area contributed by atoms with Crippen LogP contribution in [-0.2, 0) is 14.6 Å². The van der Waals surface area contributed by atoms with Gasteiger partial charge in [-0.25, -0.2) is 8.42 Å². The highest BCUT2D eigenvalue weighted by Crippen LogP contribution is 2.11. The summed E-state index contributed by atoms with van der Waals surface area (Å²) in [7, 11) is -2.97. The van der Waals surface area contributed by atoms with Crippen LogP contribution in [0.3, 0.4) is 0 Å². The number of halogens is 1. The number of unbranched alkanes of at least 4 members (excludes halogenated alkanes) is 3. The van der Waals surface area contributed by atoms with Crippen LogP contribution in [0.5, 0.6) is 0 Å². The van der Waals surface area contributed by atoms with Crippen molar-refractivity contribution in [2.24, 2.45) is 4.99 Å². The van der Waals surface area contributed by atoms with E-state index >= 15 is 0 Å². The molecule has 0 spiro atoms. The van der Waals surface area contributed by atoms with Gasteiger partial charge in [0.2, 0.25) is 5.91 Å². The molecule has 1 saturated heterocycles. The lowest BCUT2D eigenvalue weighted by Crippen LogP contribution is -2.42. The summed E-state index contributed by atoms with van der Waals surface area (Å²) in [6.07, 6.45) is 6.84. The number of nitrogens with one attached hydrogen (secondary N) is 3. The van der Waals surface area contributed by atoms with E-state index in [4.69, 9.17) is 0 Å². The second-order valence-electron chi connectivity index (χ2n) is 7.07. The monoisotopic (exact) mass is 516 g/mol. The Morgan fingerprint density at radius 2 is 1.96 bits per heavy atom. The van der Waals surface area contributed by atoms with E-state index in [1.165, 1.54) is 25.7 Å². The molecule has 0 bridgehead atoms. The number of sulfone groups is 1. The molecule has 160 valence electrons. The summed E-state index contributed by atoms with van der Waals surface area (Å²) in [6, 6.07) is 0.0909. The summed E-state index contributed by atoms with van der Waals surface area (Å²) in [6.45, 7) is 7.51. The predicted molar refractivity (Wildman–Crippen MR) is 123 cm³/mol. The van der Waals surface area contributed by atoms with E-state index in [-0.39, 0.29) is 53.9 Å². The fraction of sp³-hybridized carbons (Fsp3) is 0.889. The van der Waals surface area contributed by atoms with E-state index in [0.717, 1.165) is 18.9 Å². The topological polar surface area (TPSA) is 99.7 Å². The van der Waals surface area contributed by atoms with Crippen molar-refractivity contribution >= 4 is 45.7 Å². The van der Waals surface area contributed by atoms with Crippen LogP contribution in [-0.4, -0.2) is 57.0 Å². The largest absolute Gasteiger partial charge is 0.357 e. The molecular weight excluding hydrogens is 479 g/mol. The minimum Gasteiger partial charge on any atom is -0.357 e.